The molecular weight excluding hydrogens is 334 g/mol. The zero-order chi connectivity index (χ0) is 13.3. The van der Waals surface area contributed by atoms with Crippen molar-refractivity contribution in [1.29, 1.82) is 0 Å². The summed E-state index contributed by atoms with van der Waals surface area (Å²) in [5.74, 6) is -0.368. The minimum Gasteiger partial charge on any atom is -0.465 e. The maximum Gasteiger partial charge on any atom is 0.350 e. The zero-order valence-electron chi connectivity index (χ0n) is 9.95. The molecule has 3 nitrogen and oxygen atoms in total. The lowest BCUT2D eigenvalue weighted by Crippen LogP contribution is -2.02. The second kappa shape index (κ2) is 5.42. The van der Waals surface area contributed by atoms with Crippen LogP contribution in [0.4, 0.5) is 5.69 Å². The van der Waals surface area contributed by atoms with E-state index in [4.69, 9.17) is 10.5 Å². The van der Waals surface area contributed by atoms with Gasteiger partial charge in [0.05, 0.1) is 16.6 Å². The Morgan fingerprint density at radius 1 is 1.56 bits per heavy atom. The first-order valence-electron chi connectivity index (χ1n) is 5.32. The number of nitrogens with two attached hydrogens (primary N) is 1. The molecule has 18 heavy (non-hydrogen) atoms. The Morgan fingerprint density at radius 2 is 2.28 bits per heavy atom. The van der Waals surface area contributed by atoms with Crippen LogP contribution in [0, 0.1) is 0 Å². The first-order chi connectivity index (χ1) is 8.58. The molecule has 0 unspecified atom stereocenters. The van der Waals surface area contributed by atoms with E-state index in [0.717, 1.165) is 26.2 Å². The molecule has 0 aromatic carbocycles. The Balaban J connectivity index is 2.57. The van der Waals surface area contributed by atoms with Crippen molar-refractivity contribution in [3.05, 3.63) is 25.7 Å². The standard InChI is InChI=1S/C12H12BrNO2S2/c1-3-7-9(14)11(12(15)16-2)18-10(7)6-4-8(13)17-5-6/h4-5H,3,14H2,1-2H3. The third-order valence-corrected chi connectivity index (χ3v) is 5.38. The smallest absolute Gasteiger partial charge is 0.350 e. The maximum absolute atomic E-state index is 11.7. The number of halogens is 1. The van der Waals surface area contributed by atoms with Gasteiger partial charge in [0, 0.05) is 15.8 Å². The molecule has 0 radical (unpaired) electrons. The van der Waals surface area contributed by atoms with E-state index in [0.29, 0.717) is 10.6 Å². The number of carbonyl (C=O) groups is 1. The van der Waals surface area contributed by atoms with Crippen LogP contribution in [0.1, 0.15) is 22.2 Å². The molecule has 2 N–H and O–H groups in total. The molecule has 0 aliphatic heterocycles. The van der Waals surface area contributed by atoms with E-state index in [1.54, 1.807) is 11.3 Å². The topological polar surface area (TPSA) is 52.3 Å². The fraction of sp³-hybridized carbons (Fsp3) is 0.250. The normalized spacial score (nSPS) is 10.6. The van der Waals surface area contributed by atoms with Crippen LogP contribution in [0.25, 0.3) is 10.4 Å². The average molecular weight is 346 g/mol. The van der Waals surface area contributed by atoms with Gasteiger partial charge in [0.25, 0.3) is 0 Å². The van der Waals surface area contributed by atoms with Gasteiger partial charge in [-0.1, -0.05) is 6.92 Å². The average Bonchev–Trinajstić information content (AvgIpc) is 2.92. The number of hydrogen-bond acceptors (Lipinski definition) is 5. The van der Waals surface area contributed by atoms with Gasteiger partial charge in [-0.15, -0.1) is 22.7 Å². The summed E-state index contributed by atoms with van der Waals surface area (Å²) in [5.41, 5.74) is 8.70. The van der Waals surface area contributed by atoms with Gasteiger partial charge in [-0.25, -0.2) is 4.79 Å². The summed E-state index contributed by atoms with van der Waals surface area (Å²) < 4.78 is 5.82. The lowest BCUT2D eigenvalue weighted by Gasteiger charge is -1.99. The highest BCUT2D eigenvalue weighted by molar-refractivity contribution is 9.11. The summed E-state index contributed by atoms with van der Waals surface area (Å²) in [6.45, 7) is 2.03. The molecule has 0 saturated heterocycles. The third kappa shape index (κ3) is 2.32. The summed E-state index contributed by atoms with van der Waals surface area (Å²) >= 11 is 6.45. The van der Waals surface area contributed by atoms with E-state index in [9.17, 15) is 4.79 Å². The van der Waals surface area contributed by atoms with Gasteiger partial charge in [-0.3, -0.25) is 0 Å². The van der Waals surface area contributed by atoms with Crippen LogP contribution in [0.3, 0.4) is 0 Å². The highest BCUT2D eigenvalue weighted by atomic mass is 79.9. The molecule has 2 rings (SSSR count). The van der Waals surface area contributed by atoms with Gasteiger partial charge < -0.3 is 10.5 Å². The minimum absolute atomic E-state index is 0.368. The Labute approximate surface area is 122 Å². The predicted molar refractivity (Wildman–Crippen MR) is 80.5 cm³/mol. The van der Waals surface area contributed by atoms with Crippen LogP contribution in [-0.2, 0) is 11.2 Å². The van der Waals surface area contributed by atoms with Crippen LogP contribution in [0.2, 0.25) is 0 Å². The maximum atomic E-state index is 11.7. The molecule has 0 bridgehead atoms. The van der Waals surface area contributed by atoms with Gasteiger partial charge in [0.1, 0.15) is 4.88 Å². The van der Waals surface area contributed by atoms with Crippen molar-refractivity contribution in [2.24, 2.45) is 0 Å². The fourth-order valence-electron chi connectivity index (χ4n) is 1.74. The van der Waals surface area contributed by atoms with E-state index in [2.05, 4.69) is 21.3 Å². The van der Waals surface area contributed by atoms with E-state index >= 15 is 0 Å². The third-order valence-electron chi connectivity index (χ3n) is 2.60. The highest BCUT2D eigenvalue weighted by Crippen LogP contribution is 2.41. The van der Waals surface area contributed by atoms with Crippen molar-refractivity contribution in [3.8, 4) is 10.4 Å². The van der Waals surface area contributed by atoms with Crippen LogP contribution in [-0.4, -0.2) is 13.1 Å². The number of nitrogen functional groups attached to an aromatic ring is 1. The first-order valence-corrected chi connectivity index (χ1v) is 7.81. The second-order valence-corrected chi connectivity index (χ2v) is 6.95. The number of thiophene rings is 2. The first kappa shape index (κ1) is 13.6. The van der Waals surface area contributed by atoms with Gasteiger partial charge in [0.2, 0.25) is 0 Å². The van der Waals surface area contributed by atoms with Crippen LogP contribution >= 0.6 is 38.6 Å². The largest absolute Gasteiger partial charge is 0.465 e. The van der Waals surface area contributed by atoms with Crippen LogP contribution in [0.5, 0.6) is 0 Å². The molecule has 0 fully saturated rings. The highest BCUT2D eigenvalue weighted by Gasteiger charge is 2.21. The number of esters is 1. The Kier molecular flexibility index (Phi) is 4.09. The number of carbonyl (C=O) groups excluding carboxylic acids is 1. The molecule has 0 aliphatic carbocycles. The summed E-state index contributed by atoms with van der Waals surface area (Å²) in [7, 11) is 1.37. The number of hydrogen-bond donors (Lipinski definition) is 1. The van der Waals surface area contributed by atoms with Crippen molar-refractivity contribution in [2.75, 3.05) is 12.8 Å². The molecule has 0 amide bonds. The molecule has 0 atom stereocenters. The Hall–Kier alpha value is -0.850. The fourth-order valence-corrected chi connectivity index (χ4v) is 4.17. The molecular formula is C12H12BrNO2S2. The number of anilines is 1. The lowest BCUT2D eigenvalue weighted by molar-refractivity contribution is 0.0607. The number of rotatable bonds is 3. The summed E-state index contributed by atoms with van der Waals surface area (Å²) in [6, 6.07) is 2.04. The van der Waals surface area contributed by atoms with E-state index in [1.807, 2.05) is 13.0 Å². The molecule has 96 valence electrons. The summed E-state index contributed by atoms with van der Waals surface area (Å²) in [5, 5.41) is 2.05. The second-order valence-electron chi connectivity index (χ2n) is 3.64. The number of ether oxygens (including phenoxy) is 1. The van der Waals surface area contributed by atoms with E-state index in [-0.39, 0.29) is 5.97 Å². The van der Waals surface area contributed by atoms with Gasteiger partial charge in [-0.05, 0) is 34.0 Å². The minimum atomic E-state index is -0.368. The summed E-state index contributed by atoms with van der Waals surface area (Å²) in [6.07, 6.45) is 0.794. The molecule has 0 spiro atoms. The quantitative estimate of drug-likeness (QED) is 0.849. The Bertz CT molecular complexity index is 589. The van der Waals surface area contributed by atoms with Gasteiger partial charge in [0.15, 0.2) is 0 Å². The van der Waals surface area contributed by atoms with E-state index in [1.165, 1.54) is 18.4 Å². The van der Waals surface area contributed by atoms with Crippen LogP contribution < -0.4 is 5.73 Å². The Morgan fingerprint density at radius 3 is 2.78 bits per heavy atom. The van der Waals surface area contributed by atoms with Crippen molar-refractivity contribution in [3.63, 3.8) is 0 Å². The molecule has 2 aromatic heterocycles. The van der Waals surface area contributed by atoms with Crippen molar-refractivity contribution >= 4 is 50.3 Å². The molecule has 6 heteroatoms. The molecule has 0 saturated carbocycles. The lowest BCUT2D eigenvalue weighted by atomic mass is 10.1. The summed E-state index contributed by atoms with van der Waals surface area (Å²) in [4.78, 5) is 13.2. The predicted octanol–water partition coefficient (Wildman–Crippen LogP) is 4.17. The van der Waals surface area contributed by atoms with Crippen LogP contribution in [0.15, 0.2) is 15.2 Å². The van der Waals surface area contributed by atoms with E-state index < -0.39 is 0 Å². The van der Waals surface area contributed by atoms with Gasteiger partial charge in [-0.2, -0.15) is 0 Å². The van der Waals surface area contributed by atoms with Crippen molar-refractivity contribution in [1.82, 2.24) is 0 Å². The SMILES string of the molecule is CCc1c(-c2csc(Br)c2)sc(C(=O)OC)c1N. The van der Waals surface area contributed by atoms with Crippen molar-refractivity contribution in [2.45, 2.75) is 13.3 Å². The monoisotopic (exact) mass is 345 g/mol. The number of methoxy groups -OCH3 is 1. The van der Waals surface area contributed by atoms with Crippen molar-refractivity contribution < 1.29 is 9.53 Å². The molecule has 0 aliphatic rings. The van der Waals surface area contributed by atoms with Gasteiger partial charge >= 0.3 is 5.97 Å². The molecule has 2 aromatic rings. The zero-order valence-corrected chi connectivity index (χ0v) is 13.2. The molecule has 2 heterocycles.